The van der Waals surface area contributed by atoms with Gasteiger partial charge in [0.25, 0.3) is 0 Å². The Kier molecular flexibility index (Phi) is 5.08. The van der Waals surface area contributed by atoms with Crippen molar-refractivity contribution in [2.75, 3.05) is 0 Å². The minimum absolute atomic E-state index is 0.0622. The molecule has 0 spiro atoms. The number of carbonyl (C=O) groups is 2. The smallest absolute Gasteiger partial charge is 0.302 e. The lowest BCUT2D eigenvalue weighted by Gasteiger charge is -2.60. The molecule has 2 aliphatic rings. The molecule has 0 aliphatic heterocycles. The zero-order chi connectivity index (χ0) is 17.4. The van der Waals surface area contributed by atoms with Gasteiger partial charge in [0.2, 0.25) is 0 Å². The van der Waals surface area contributed by atoms with Crippen molar-refractivity contribution in [1.29, 1.82) is 0 Å². The van der Waals surface area contributed by atoms with Gasteiger partial charge in [-0.25, -0.2) is 0 Å². The standard InChI is InChI=1S/C20H32O3/c1-13-12-17(23-15(3)22)18-19(4,5)10-7-11-20(18,6)16(13)9-8-14(2)21/h16-18H,1,7-12H2,2-6H3/t16-,17-,18?,20+/m0/s1. The van der Waals surface area contributed by atoms with Crippen LogP contribution in [0.15, 0.2) is 12.2 Å². The minimum Gasteiger partial charge on any atom is -0.462 e. The number of ketones is 1. The Hall–Kier alpha value is -1.12. The van der Waals surface area contributed by atoms with Crippen molar-refractivity contribution in [2.24, 2.45) is 22.7 Å². The first-order valence-corrected chi connectivity index (χ1v) is 8.92. The van der Waals surface area contributed by atoms with Crippen LogP contribution in [-0.2, 0) is 14.3 Å². The van der Waals surface area contributed by atoms with Gasteiger partial charge in [0.1, 0.15) is 11.9 Å². The first-order valence-electron chi connectivity index (χ1n) is 8.92. The highest BCUT2D eigenvalue weighted by Gasteiger charge is 2.57. The molecule has 0 radical (unpaired) electrons. The van der Waals surface area contributed by atoms with Gasteiger partial charge in [0, 0.05) is 25.7 Å². The van der Waals surface area contributed by atoms with Crippen LogP contribution in [0.2, 0.25) is 0 Å². The summed E-state index contributed by atoms with van der Waals surface area (Å²) in [7, 11) is 0. The Morgan fingerprint density at radius 2 is 1.87 bits per heavy atom. The Balaban J connectivity index is 2.37. The third-order valence-corrected chi connectivity index (χ3v) is 6.32. The molecule has 0 N–H and O–H groups in total. The van der Waals surface area contributed by atoms with Gasteiger partial charge in [-0.2, -0.15) is 0 Å². The molecule has 0 amide bonds. The summed E-state index contributed by atoms with van der Waals surface area (Å²) in [6.07, 6.45) is 5.64. The molecule has 4 atom stereocenters. The molecule has 0 aromatic heterocycles. The molecule has 2 saturated carbocycles. The van der Waals surface area contributed by atoms with E-state index in [1.54, 1.807) is 6.92 Å². The molecular formula is C20H32O3. The van der Waals surface area contributed by atoms with Gasteiger partial charge in [-0.3, -0.25) is 4.79 Å². The summed E-state index contributed by atoms with van der Waals surface area (Å²) in [5.41, 5.74) is 1.36. The quantitative estimate of drug-likeness (QED) is 0.557. The molecule has 3 heteroatoms. The van der Waals surface area contributed by atoms with Crippen LogP contribution in [-0.4, -0.2) is 17.9 Å². The van der Waals surface area contributed by atoms with Crippen LogP contribution >= 0.6 is 0 Å². The lowest BCUT2D eigenvalue weighted by atomic mass is 9.46. The SMILES string of the molecule is C=C1C[C@H](OC(C)=O)C2C(C)(C)CCC[C@]2(C)[C@H]1CCC(C)=O. The summed E-state index contributed by atoms with van der Waals surface area (Å²) in [6.45, 7) is 14.4. The van der Waals surface area contributed by atoms with Crippen LogP contribution in [0.1, 0.15) is 73.1 Å². The maximum absolute atomic E-state index is 11.6. The van der Waals surface area contributed by atoms with Gasteiger partial charge < -0.3 is 9.53 Å². The molecule has 0 aromatic rings. The number of rotatable bonds is 4. The predicted octanol–water partition coefficient (Wildman–Crippen LogP) is 4.70. The van der Waals surface area contributed by atoms with Gasteiger partial charge in [0.05, 0.1) is 0 Å². The fraction of sp³-hybridized carbons (Fsp3) is 0.800. The molecular weight excluding hydrogens is 288 g/mol. The van der Waals surface area contributed by atoms with Crippen molar-refractivity contribution in [1.82, 2.24) is 0 Å². The van der Waals surface area contributed by atoms with Crippen molar-refractivity contribution >= 4 is 11.8 Å². The third-order valence-electron chi connectivity index (χ3n) is 6.32. The molecule has 3 nitrogen and oxygen atoms in total. The number of hydrogen-bond donors (Lipinski definition) is 0. The molecule has 1 unspecified atom stereocenters. The topological polar surface area (TPSA) is 43.4 Å². The van der Waals surface area contributed by atoms with E-state index in [1.165, 1.54) is 13.3 Å². The van der Waals surface area contributed by atoms with Gasteiger partial charge in [-0.1, -0.05) is 39.3 Å². The fourth-order valence-corrected chi connectivity index (χ4v) is 5.64. The molecule has 2 rings (SSSR count). The number of fused-ring (bicyclic) bond motifs is 1. The predicted molar refractivity (Wildman–Crippen MR) is 91.9 cm³/mol. The summed E-state index contributed by atoms with van der Waals surface area (Å²) >= 11 is 0. The lowest BCUT2D eigenvalue weighted by molar-refractivity contribution is -0.171. The molecule has 0 saturated heterocycles. The molecule has 0 aromatic carbocycles. The monoisotopic (exact) mass is 320 g/mol. The van der Waals surface area contributed by atoms with Crippen LogP contribution in [0.4, 0.5) is 0 Å². The van der Waals surface area contributed by atoms with Crippen molar-refractivity contribution in [3.05, 3.63) is 12.2 Å². The molecule has 23 heavy (non-hydrogen) atoms. The summed E-state index contributed by atoms with van der Waals surface area (Å²) < 4.78 is 5.74. The first-order chi connectivity index (χ1) is 10.6. The largest absolute Gasteiger partial charge is 0.462 e. The second-order valence-electron chi connectivity index (χ2n) is 8.63. The van der Waals surface area contributed by atoms with E-state index < -0.39 is 0 Å². The Morgan fingerprint density at radius 1 is 1.22 bits per heavy atom. The van der Waals surface area contributed by atoms with E-state index >= 15 is 0 Å². The maximum atomic E-state index is 11.6. The Morgan fingerprint density at radius 3 is 2.43 bits per heavy atom. The Labute approximate surface area is 140 Å². The molecule has 0 heterocycles. The van der Waals surface area contributed by atoms with Crippen molar-refractivity contribution in [2.45, 2.75) is 79.2 Å². The zero-order valence-corrected chi connectivity index (χ0v) is 15.4. The van der Waals surface area contributed by atoms with Gasteiger partial charge in [-0.15, -0.1) is 0 Å². The third kappa shape index (κ3) is 3.54. The molecule has 2 aliphatic carbocycles. The van der Waals surface area contributed by atoms with Crippen LogP contribution in [0.25, 0.3) is 0 Å². The van der Waals surface area contributed by atoms with E-state index in [2.05, 4.69) is 27.4 Å². The van der Waals surface area contributed by atoms with Crippen molar-refractivity contribution in [3.8, 4) is 0 Å². The number of ether oxygens (including phenoxy) is 1. The first kappa shape index (κ1) is 18.2. The number of esters is 1. The normalized spacial score (nSPS) is 36.2. The second-order valence-corrected chi connectivity index (χ2v) is 8.63. The van der Waals surface area contributed by atoms with E-state index in [0.29, 0.717) is 18.3 Å². The highest BCUT2D eigenvalue weighted by Crippen LogP contribution is 2.62. The summed E-state index contributed by atoms with van der Waals surface area (Å²) in [6, 6.07) is 0. The minimum atomic E-state index is -0.200. The van der Waals surface area contributed by atoms with E-state index in [1.807, 2.05) is 0 Å². The number of carbonyl (C=O) groups excluding carboxylic acids is 2. The highest BCUT2D eigenvalue weighted by atomic mass is 16.5. The van der Waals surface area contributed by atoms with Gasteiger partial charge in [0.15, 0.2) is 0 Å². The fourth-order valence-electron chi connectivity index (χ4n) is 5.64. The van der Waals surface area contributed by atoms with Gasteiger partial charge in [-0.05, 0) is 42.9 Å². The van der Waals surface area contributed by atoms with Crippen LogP contribution in [0.3, 0.4) is 0 Å². The molecule has 2 fully saturated rings. The lowest BCUT2D eigenvalue weighted by Crippen LogP contribution is -2.56. The van der Waals surface area contributed by atoms with Crippen LogP contribution < -0.4 is 0 Å². The summed E-state index contributed by atoms with van der Waals surface area (Å²) in [5, 5.41) is 0. The van der Waals surface area contributed by atoms with Crippen molar-refractivity contribution < 1.29 is 14.3 Å². The van der Waals surface area contributed by atoms with E-state index in [4.69, 9.17) is 4.74 Å². The number of hydrogen-bond acceptors (Lipinski definition) is 3. The average Bonchev–Trinajstić information content (AvgIpc) is 2.34. The van der Waals surface area contributed by atoms with Crippen LogP contribution in [0, 0.1) is 22.7 Å². The average molecular weight is 320 g/mol. The maximum Gasteiger partial charge on any atom is 0.302 e. The summed E-state index contributed by atoms with van der Waals surface area (Å²) in [5.74, 6) is 0.724. The highest BCUT2D eigenvalue weighted by molar-refractivity contribution is 5.75. The van der Waals surface area contributed by atoms with E-state index in [-0.39, 0.29) is 28.7 Å². The molecule has 0 bridgehead atoms. The van der Waals surface area contributed by atoms with Gasteiger partial charge >= 0.3 is 5.97 Å². The van der Waals surface area contributed by atoms with E-state index in [9.17, 15) is 9.59 Å². The number of Topliss-reactive ketones (excluding diaryl/α,β-unsaturated/α-hetero) is 1. The second kappa shape index (κ2) is 6.41. The Bertz CT molecular complexity index is 505. The van der Waals surface area contributed by atoms with Crippen molar-refractivity contribution in [3.63, 3.8) is 0 Å². The van der Waals surface area contributed by atoms with Crippen LogP contribution in [0.5, 0.6) is 0 Å². The molecule has 130 valence electrons. The van der Waals surface area contributed by atoms with E-state index in [0.717, 1.165) is 31.3 Å². The zero-order valence-electron chi connectivity index (χ0n) is 15.4. The summed E-state index contributed by atoms with van der Waals surface area (Å²) in [4.78, 5) is 23.1.